The molecule has 0 bridgehead atoms. The Morgan fingerprint density at radius 3 is 2.75 bits per heavy atom. The second-order valence-corrected chi connectivity index (χ2v) is 6.65. The molecule has 2 heterocycles. The molecule has 0 saturated heterocycles. The highest BCUT2D eigenvalue weighted by Crippen LogP contribution is 2.22. The zero-order valence-corrected chi connectivity index (χ0v) is 14.2. The molecule has 124 valence electrons. The number of aliphatic hydroxyl groups is 1. The van der Waals surface area contributed by atoms with E-state index in [0.717, 1.165) is 11.1 Å². The number of carbonyl (C=O) groups is 1. The van der Waals surface area contributed by atoms with Crippen LogP contribution in [-0.4, -0.2) is 27.3 Å². The van der Waals surface area contributed by atoms with Gasteiger partial charge in [-0.15, -0.1) is 0 Å². The summed E-state index contributed by atoms with van der Waals surface area (Å²) in [5, 5.41) is 21.2. The molecular formula is C18H19N3O2S. The monoisotopic (exact) mass is 341 g/mol. The Balaban J connectivity index is 1.59. The average Bonchev–Trinajstić information content (AvgIpc) is 3.27. The van der Waals surface area contributed by atoms with Gasteiger partial charge in [0.25, 0.3) is 5.91 Å². The standard InChI is InChI=1S/C18H19N3O2S/c1-18(23,16-7-10-24-12-16)13-19-17(22)15-5-3-14(4-6-15)11-21-9-2-8-20-21/h2-10,12,23H,11,13H2,1H3,(H,19,22). The number of hydrogen-bond acceptors (Lipinski definition) is 4. The predicted octanol–water partition coefficient (Wildman–Crippen LogP) is 2.63. The molecule has 1 aromatic carbocycles. The number of nitrogens with one attached hydrogen (secondary N) is 1. The summed E-state index contributed by atoms with van der Waals surface area (Å²) in [4.78, 5) is 12.3. The van der Waals surface area contributed by atoms with Gasteiger partial charge in [-0.05, 0) is 53.1 Å². The number of amides is 1. The lowest BCUT2D eigenvalue weighted by Gasteiger charge is -2.22. The molecule has 0 saturated carbocycles. The van der Waals surface area contributed by atoms with Crippen LogP contribution in [0.2, 0.25) is 0 Å². The average molecular weight is 341 g/mol. The van der Waals surface area contributed by atoms with Gasteiger partial charge in [-0.1, -0.05) is 12.1 Å². The lowest BCUT2D eigenvalue weighted by molar-refractivity contribution is 0.0530. The highest BCUT2D eigenvalue weighted by Gasteiger charge is 2.24. The van der Waals surface area contributed by atoms with Crippen LogP contribution in [-0.2, 0) is 12.1 Å². The molecule has 3 aromatic rings. The van der Waals surface area contributed by atoms with Crippen LogP contribution in [0, 0.1) is 0 Å². The molecule has 0 fully saturated rings. The summed E-state index contributed by atoms with van der Waals surface area (Å²) in [6.45, 7) is 2.53. The van der Waals surface area contributed by atoms with Crippen molar-refractivity contribution in [1.82, 2.24) is 15.1 Å². The topological polar surface area (TPSA) is 67.2 Å². The summed E-state index contributed by atoms with van der Waals surface area (Å²) >= 11 is 1.52. The normalized spacial score (nSPS) is 13.4. The molecular weight excluding hydrogens is 322 g/mol. The van der Waals surface area contributed by atoms with E-state index in [4.69, 9.17) is 0 Å². The van der Waals surface area contributed by atoms with Crippen LogP contribution in [0.15, 0.2) is 59.6 Å². The molecule has 1 amide bonds. The van der Waals surface area contributed by atoms with Gasteiger partial charge in [-0.3, -0.25) is 9.48 Å². The fourth-order valence-corrected chi connectivity index (χ4v) is 3.15. The first-order chi connectivity index (χ1) is 11.5. The zero-order chi connectivity index (χ0) is 17.0. The van der Waals surface area contributed by atoms with Crippen LogP contribution in [0.3, 0.4) is 0 Å². The minimum atomic E-state index is -1.07. The minimum absolute atomic E-state index is 0.164. The SMILES string of the molecule is CC(O)(CNC(=O)c1ccc(Cn2cccn2)cc1)c1ccsc1. The number of hydrogen-bond donors (Lipinski definition) is 2. The number of rotatable bonds is 6. The summed E-state index contributed by atoms with van der Waals surface area (Å²) in [5.74, 6) is -0.198. The first-order valence-electron chi connectivity index (χ1n) is 7.64. The number of thiophene rings is 1. The third-order valence-corrected chi connectivity index (χ3v) is 4.54. The van der Waals surface area contributed by atoms with Gasteiger partial charge in [0.1, 0.15) is 5.60 Å². The molecule has 0 radical (unpaired) electrons. The maximum Gasteiger partial charge on any atom is 0.251 e. The van der Waals surface area contributed by atoms with Crippen LogP contribution in [0.1, 0.15) is 28.4 Å². The fourth-order valence-electron chi connectivity index (χ4n) is 2.37. The van der Waals surface area contributed by atoms with Crippen molar-refractivity contribution in [2.45, 2.75) is 19.1 Å². The van der Waals surface area contributed by atoms with Crippen molar-refractivity contribution in [3.8, 4) is 0 Å². The van der Waals surface area contributed by atoms with Crippen molar-refractivity contribution in [1.29, 1.82) is 0 Å². The van der Waals surface area contributed by atoms with E-state index >= 15 is 0 Å². The smallest absolute Gasteiger partial charge is 0.251 e. The van der Waals surface area contributed by atoms with E-state index in [-0.39, 0.29) is 12.5 Å². The summed E-state index contributed by atoms with van der Waals surface area (Å²) in [5.41, 5.74) is 1.37. The first kappa shape index (κ1) is 16.4. The fraction of sp³-hybridized carbons (Fsp3) is 0.222. The van der Waals surface area contributed by atoms with E-state index in [0.29, 0.717) is 12.1 Å². The number of carbonyl (C=O) groups excluding carboxylic acids is 1. The van der Waals surface area contributed by atoms with Crippen molar-refractivity contribution in [3.05, 3.63) is 76.2 Å². The largest absolute Gasteiger partial charge is 0.384 e. The van der Waals surface area contributed by atoms with E-state index in [1.54, 1.807) is 25.3 Å². The van der Waals surface area contributed by atoms with E-state index in [1.165, 1.54) is 11.3 Å². The summed E-state index contributed by atoms with van der Waals surface area (Å²) in [7, 11) is 0. The van der Waals surface area contributed by atoms with Crippen molar-refractivity contribution in [3.63, 3.8) is 0 Å². The maximum atomic E-state index is 12.3. The van der Waals surface area contributed by atoms with E-state index < -0.39 is 5.60 Å². The molecule has 1 atom stereocenters. The molecule has 2 aromatic heterocycles. The van der Waals surface area contributed by atoms with Crippen LogP contribution < -0.4 is 5.32 Å². The molecule has 0 spiro atoms. The molecule has 0 aliphatic heterocycles. The Kier molecular flexibility index (Phi) is 4.78. The number of nitrogens with zero attached hydrogens (tertiary/aromatic N) is 2. The van der Waals surface area contributed by atoms with E-state index in [1.807, 2.05) is 45.9 Å². The van der Waals surface area contributed by atoms with Crippen molar-refractivity contribution < 1.29 is 9.90 Å². The third kappa shape index (κ3) is 3.90. The Morgan fingerprint density at radius 1 is 1.33 bits per heavy atom. The lowest BCUT2D eigenvalue weighted by atomic mass is 9.99. The molecule has 6 heteroatoms. The first-order valence-corrected chi connectivity index (χ1v) is 8.58. The third-order valence-electron chi connectivity index (χ3n) is 3.86. The molecule has 3 rings (SSSR count). The van der Waals surface area contributed by atoms with Crippen LogP contribution >= 0.6 is 11.3 Å². The van der Waals surface area contributed by atoms with Gasteiger partial charge in [0.15, 0.2) is 0 Å². The summed E-state index contributed by atoms with van der Waals surface area (Å²) < 4.78 is 1.83. The Morgan fingerprint density at radius 2 is 2.12 bits per heavy atom. The highest BCUT2D eigenvalue weighted by molar-refractivity contribution is 7.08. The van der Waals surface area contributed by atoms with Gasteiger partial charge in [-0.25, -0.2) is 0 Å². The minimum Gasteiger partial charge on any atom is -0.384 e. The second kappa shape index (κ2) is 6.98. The molecule has 0 aliphatic carbocycles. The number of benzene rings is 1. The van der Waals surface area contributed by atoms with E-state index in [9.17, 15) is 9.90 Å². The highest BCUT2D eigenvalue weighted by atomic mass is 32.1. The van der Waals surface area contributed by atoms with Gasteiger partial charge in [0.2, 0.25) is 0 Å². The molecule has 2 N–H and O–H groups in total. The van der Waals surface area contributed by atoms with Gasteiger partial charge >= 0.3 is 0 Å². The number of aromatic nitrogens is 2. The van der Waals surface area contributed by atoms with Gasteiger partial charge in [0, 0.05) is 18.0 Å². The Bertz CT molecular complexity index is 778. The van der Waals surface area contributed by atoms with Gasteiger partial charge in [0.05, 0.1) is 13.1 Å². The van der Waals surface area contributed by atoms with Crippen LogP contribution in [0.25, 0.3) is 0 Å². The summed E-state index contributed by atoms with van der Waals surface area (Å²) in [6, 6.07) is 11.1. The summed E-state index contributed by atoms with van der Waals surface area (Å²) in [6.07, 6.45) is 3.63. The molecule has 1 unspecified atom stereocenters. The molecule has 0 aliphatic rings. The van der Waals surface area contributed by atoms with Crippen molar-refractivity contribution in [2.75, 3.05) is 6.54 Å². The van der Waals surface area contributed by atoms with E-state index in [2.05, 4.69) is 10.4 Å². The maximum absolute atomic E-state index is 12.3. The van der Waals surface area contributed by atoms with Crippen molar-refractivity contribution in [2.24, 2.45) is 0 Å². The van der Waals surface area contributed by atoms with Crippen LogP contribution in [0.5, 0.6) is 0 Å². The van der Waals surface area contributed by atoms with Crippen LogP contribution in [0.4, 0.5) is 0 Å². The Labute approximate surface area is 144 Å². The molecule has 5 nitrogen and oxygen atoms in total. The second-order valence-electron chi connectivity index (χ2n) is 5.87. The van der Waals surface area contributed by atoms with Crippen molar-refractivity contribution >= 4 is 17.2 Å². The molecule has 24 heavy (non-hydrogen) atoms. The lowest BCUT2D eigenvalue weighted by Crippen LogP contribution is -2.38. The van der Waals surface area contributed by atoms with Gasteiger partial charge < -0.3 is 10.4 Å². The zero-order valence-electron chi connectivity index (χ0n) is 13.3. The Hall–Kier alpha value is -2.44. The quantitative estimate of drug-likeness (QED) is 0.724. The van der Waals surface area contributed by atoms with Gasteiger partial charge in [-0.2, -0.15) is 16.4 Å². The predicted molar refractivity (Wildman–Crippen MR) is 94.0 cm³/mol.